The highest BCUT2D eigenvalue weighted by atomic mass is 16.5. The summed E-state index contributed by atoms with van der Waals surface area (Å²) in [5.41, 5.74) is 3.43. The lowest BCUT2D eigenvalue weighted by atomic mass is 9.71. The quantitative estimate of drug-likeness (QED) is 0.368. The maximum atomic E-state index is 6.51. The first-order chi connectivity index (χ1) is 17.0. The highest BCUT2D eigenvalue weighted by molar-refractivity contribution is 5.46. The molecule has 1 fully saturated rings. The van der Waals surface area contributed by atoms with Crippen molar-refractivity contribution in [2.75, 3.05) is 6.61 Å². The first-order valence-electron chi connectivity index (χ1n) is 15.4. The Morgan fingerprint density at radius 1 is 0.857 bits per heavy atom. The third kappa shape index (κ3) is 7.87. The molecular weight excluding hydrogens is 424 g/mol. The number of hydrogen-bond donors (Lipinski definition) is 0. The maximum Gasteiger partial charge on any atom is 0.126 e. The number of fused-ring (bicyclic) bond motifs is 3. The Bertz CT molecular complexity index is 760. The van der Waals surface area contributed by atoms with Gasteiger partial charge in [0.15, 0.2) is 0 Å². The van der Waals surface area contributed by atoms with Crippen molar-refractivity contribution in [3.63, 3.8) is 0 Å². The van der Waals surface area contributed by atoms with Crippen LogP contribution in [0.2, 0.25) is 0 Å². The van der Waals surface area contributed by atoms with Gasteiger partial charge in [-0.15, -0.1) is 0 Å². The first-order valence-corrected chi connectivity index (χ1v) is 15.4. The lowest BCUT2D eigenvalue weighted by molar-refractivity contribution is 0.223. The van der Waals surface area contributed by atoms with Crippen LogP contribution in [-0.2, 0) is 11.8 Å². The number of rotatable bonds is 6. The monoisotopic (exact) mass is 480 g/mol. The number of benzene rings is 1. The van der Waals surface area contributed by atoms with Crippen LogP contribution in [0.25, 0.3) is 0 Å². The summed E-state index contributed by atoms with van der Waals surface area (Å²) in [5.74, 6) is 3.32. The minimum absolute atomic E-state index is 0.176. The summed E-state index contributed by atoms with van der Waals surface area (Å²) in [4.78, 5) is 0. The number of para-hydroxylation sites is 1. The maximum absolute atomic E-state index is 6.51. The van der Waals surface area contributed by atoms with Crippen molar-refractivity contribution in [1.82, 2.24) is 0 Å². The van der Waals surface area contributed by atoms with Gasteiger partial charge >= 0.3 is 0 Å². The van der Waals surface area contributed by atoms with Crippen LogP contribution in [0.3, 0.4) is 0 Å². The van der Waals surface area contributed by atoms with Crippen LogP contribution in [0.1, 0.15) is 142 Å². The van der Waals surface area contributed by atoms with Crippen molar-refractivity contribution >= 4 is 0 Å². The Balaban J connectivity index is 1.86. The highest BCUT2D eigenvalue weighted by Crippen LogP contribution is 2.47. The Labute approximate surface area is 218 Å². The SMILES string of the molecule is C=CCOc1c2cccc1C(C)(CC)CCCCCCCC1CC1CCCCCC(CC)(CC)C2. The van der Waals surface area contributed by atoms with E-state index >= 15 is 0 Å². The van der Waals surface area contributed by atoms with E-state index in [1.54, 1.807) is 0 Å². The van der Waals surface area contributed by atoms with Crippen LogP contribution in [0, 0.1) is 17.3 Å². The molecule has 2 aliphatic rings. The van der Waals surface area contributed by atoms with Crippen LogP contribution >= 0.6 is 0 Å². The highest BCUT2D eigenvalue weighted by Gasteiger charge is 2.35. The standard InChI is InChI=1S/C34H56O/c1-6-25-35-32-30-21-18-22-31(32)33(5,7-2)23-16-12-10-11-14-19-28-26-29(28)20-15-13-17-24-34(8-3,9-4)27-30/h6,18,21-22,28-29H,1,7-17,19-20,23-27H2,2-5H3. The molecule has 3 unspecified atom stereocenters. The van der Waals surface area contributed by atoms with Gasteiger partial charge in [-0.1, -0.05) is 136 Å². The molecule has 0 spiro atoms. The van der Waals surface area contributed by atoms with E-state index in [1.165, 1.54) is 113 Å². The number of hydrogen-bond acceptors (Lipinski definition) is 1. The summed E-state index contributed by atoms with van der Waals surface area (Å²) in [6.45, 7) is 14.2. The summed E-state index contributed by atoms with van der Waals surface area (Å²) in [6, 6.07) is 7.04. The molecule has 1 aromatic carbocycles. The van der Waals surface area contributed by atoms with Crippen LogP contribution < -0.4 is 4.74 Å². The van der Waals surface area contributed by atoms with Crippen LogP contribution in [0.5, 0.6) is 5.75 Å². The predicted octanol–water partition coefficient (Wildman–Crippen LogP) is 10.6. The van der Waals surface area contributed by atoms with Crippen molar-refractivity contribution in [3.05, 3.63) is 42.0 Å². The van der Waals surface area contributed by atoms with Crippen molar-refractivity contribution in [2.24, 2.45) is 17.3 Å². The topological polar surface area (TPSA) is 9.23 Å². The van der Waals surface area contributed by atoms with E-state index in [1.807, 2.05) is 6.08 Å². The molecule has 1 nitrogen and oxygen atoms in total. The van der Waals surface area contributed by atoms with Gasteiger partial charge in [0.25, 0.3) is 0 Å². The summed E-state index contributed by atoms with van der Waals surface area (Å²) in [7, 11) is 0. The fourth-order valence-corrected chi connectivity index (χ4v) is 6.91. The van der Waals surface area contributed by atoms with E-state index < -0.39 is 0 Å². The Hall–Kier alpha value is -1.24. The zero-order valence-electron chi connectivity index (χ0n) is 23.8. The van der Waals surface area contributed by atoms with Crippen molar-refractivity contribution in [1.29, 1.82) is 0 Å². The molecule has 0 amide bonds. The smallest absolute Gasteiger partial charge is 0.126 e. The Morgan fingerprint density at radius 3 is 2.14 bits per heavy atom. The number of ether oxygens (including phenoxy) is 1. The molecule has 35 heavy (non-hydrogen) atoms. The average molecular weight is 481 g/mol. The lowest BCUT2D eigenvalue weighted by Crippen LogP contribution is -2.25. The molecule has 3 atom stereocenters. The second-order valence-electron chi connectivity index (χ2n) is 12.4. The second-order valence-corrected chi connectivity index (χ2v) is 12.4. The van der Waals surface area contributed by atoms with Gasteiger partial charge in [0.05, 0.1) is 0 Å². The largest absolute Gasteiger partial charge is 0.489 e. The minimum Gasteiger partial charge on any atom is -0.489 e. The molecule has 0 N–H and O–H groups in total. The normalized spacial score (nSPS) is 28.5. The Kier molecular flexibility index (Phi) is 11.3. The molecule has 1 heteroatoms. The summed E-state index contributed by atoms with van der Waals surface area (Å²) >= 11 is 0. The second kappa shape index (κ2) is 13.9. The fourth-order valence-electron chi connectivity index (χ4n) is 6.91. The Morgan fingerprint density at radius 2 is 1.49 bits per heavy atom. The summed E-state index contributed by atoms with van der Waals surface area (Å²) < 4.78 is 6.51. The predicted molar refractivity (Wildman–Crippen MR) is 153 cm³/mol. The zero-order chi connectivity index (χ0) is 25.2. The minimum atomic E-state index is 0.176. The molecular formula is C34H56O. The van der Waals surface area contributed by atoms with Gasteiger partial charge in [0.2, 0.25) is 0 Å². The van der Waals surface area contributed by atoms with Gasteiger partial charge < -0.3 is 4.74 Å². The molecule has 1 saturated carbocycles. The van der Waals surface area contributed by atoms with Crippen molar-refractivity contribution in [2.45, 2.75) is 142 Å². The van der Waals surface area contributed by atoms with Gasteiger partial charge in [-0.05, 0) is 60.3 Å². The molecule has 3 rings (SSSR count). The van der Waals surface area contributed by atoms with Gasteiger partial charge in [-0.3, -0.25) is 0 Å². The van der Waals surface area contributed by atoms with Crippen LogP contribution in [-0.4, -0.2) is 6.61 Å². The molecule has 0 radical (unpaired) electrons. The van der Waals surface area contributed by atoms with Crippen LogP contribution in [0.15, 0.2) is 30.9 Å². The van der Waals surface area contributed by atoms with E-state index in [4.69, 9.17) is 4.74 Å². The lowest BCUT2D eigenvalue weighted by Gasteiger charge is -2.35. The molecule has 0 aromatic heterocycles. The van der Waals surface area contributed by atoms with E-state index in [0.717, 1.165) is 24.7 Å². The molecule has 0 heterocycles. The van der Waals surface area contributed by atoms with Crippen LogP contribution in [0.4, 0.5) is 0 Å². The summed E-state index contributed by atoms with van der Waals surface area (Å²) in [6.07, 6.45) is 25.1. The molecule has 2 bridgehead atoms. The third-order valence-electron chi connectivity index (χ3n) is 10.1. The van der Waals surface area contributed by atoms with Gasteiger partial charge in [-0.2, -0.15) is 0 Å². The van der Waals surface area contributed by atoms with Gasteiger partial charge in [-0.25, -0.2) is 0 Å². The molecule has 0 aliphatic heterocycles. The van der Waals surface area contributed by atoms with E-state index in [9.17, 15) is 0 Å². The summed E-state index contributed by atoms with van der Waals surface area (Å²) in [5, 5.41) is 0. The molecule has 2 aliphatic carbocycles. The van der Waals surface area contributed by atoms with E-state index in [-0.39, 0.29) is 5.41 Å². The molecule has 0 saturated heterocycles. The van der Waals surface area contributed by atoms with Gasteiger partial charge in [0.1, 0.15) is 12.4 Å². The van der Waals surface area contributed by atoms with Gasteiger partial charge in [0, 0.05) is 5.56 Å². The van der Waals surface area contributed by atoms with E-state index in [2.05, 4.69) is 52.5 Å². The fraction of sp³-hybridized carbons (Fsp3) is 0.765. The molecule has 198 valence electrons. The van der Waals surface area contributed by atoms with Crippen molar-refractivity contribution in [3.8, 4) is 5.75 Å². The molecule has 1 aromatic rings. The zero-order valence-corrected chi connectivity index (χ0v) is 23.8. The third-order valence-corrected chi connectivity index (χ3v) is 10.1. The average Bonchev–Trinajstić information content (AvgIpc) is 3.63. The van der Waals surface area contributed by atoms with Crippen molar-refractivity contribution < 1.29 is 4.74 Å². The first kappa shape index (κ1) is 28.3. The van der Waals surface area contributed by atoms with E-state index in [0.29, 0.717) is 12.0 Å².